The molecule has 0 atom stereocenters. The van der Waals surface area contributed by atoms with E-state index in [1.165, 1.54) is 0 Å². The highest BCUT2D eigenvalue weighted by molar-refractivity contribution is 7.22. The number of anilines is 1. The average molecular weight is 317 g/mol. The fourth-order valence-corrected chi connectivity index (χ4v) is 3.20. The molecular formula is C14H9F2N5S. The second-order valence-corrected chi connectivity index (χ2v) is 5.81. The quantitative estimate of drug-likeness (QED) is 0.617. The molecule has 110 valence electrons. The van der Waals surface area contributed by atoms with Crippen LogP contribution >= 0.6 is 11.3 Å². The van der Waals surface area contributed by atoms with Gasteiger partial charge >= 0.3 is 0 Å². The Morgan fingerprint density at radius 1 is 1.27 bits per heavy atom. The monoisotopic (exact) mass is 317 g/mol. The minimum Gasteiger partial charge on any atom is -0.375 e. The number of nitrogens with zero attached hydrogens (tertiary/aromatic N) is 4. The van der Waals surface area contributed by atoms with Crippen LogP contribution in [0, 0.1) is 11.6 Å². The molecule has 1 aromatic carbocycles. The molecule has 0 unspecified atom stereocenters. The van der Waals surface area contributed by atoms with Crippen molar-refractivity contribution in [2.45, 2.75) is 6.54 Å². The molecule has 0 bridgehead atoms. The van der Waals surface area contributed by atoms with Gasteiger partial charge in [0.05, 0.1) is 17.6 Å². The Morgan fingerprint density at radius 2 is 2.14 bits per heavy atom. The summed E-state index contributed by atoms with van der Waals surface area (Å²) in [5.41, 5.74) is 7.03. The number of thiazole rings is 1. The van der Waals surface area contributed by atoms with Gasteiger partial charge in [0.25, 0.3) is 0 Å². The Morgan fingerprint density at radius 3 is 3.00 bits per heavy atom. The molecule has 3 heterocycles. The molecule has 0 spiro atoms. The van der Waals surface area contributed by atoms with Crippen molar-refractivity contribution in [1.82, 2.24) is 19.5 Å². The van der Waals surface area contributed by atoms with Gasteiger partial charge < -0.3 is 10.3 Å². The molecule has 3 aromatic heterocycles. The van der Waals surface area contributed by atoms with E-state index < -0.39 is 11.6 Å². The van der Waals surface area contributed by atoms with Gasteiger partial charge in [-0.15, -0.1) is 0 Å². The van der Waals surface area contributed by atoms with E-state index in [0.29, 0.717) is 11.2 Å². The smallest absolute Gasteiger partial charge is 0.181 e. The van der Waals surface area contributed by atoms with E-state index in [1.54, 1.807) is 23.2 Å². The number of nitrogens with two attached hydrogens (primary N) is 1. The molecule has 4 aromatic rings. The lowest BCUT2D eigenvalue weighted by atomic mass is 10.2. The molecule has 2 N–H and O–H groups in total. The minimum atomic E-state index is -0.586. The van der Waals surface area contributed by atoms with Crippen LogP contribution < -0.4 is 5.73 Å². The summed E-state index contributed by atoms with van der Waals surface area (Å²) in [5, 5.41) is 0.139. The van der Waals surface area contributed by atoms with E-state index in [2.05, 4.69) is 15.0 Å². The highest BCUT2D eigenvalue weighted by atomic mass is 32.1. The standard InChI is InChI=1S/C14H9F2N5S/c15-8-4-7(10(16)12-11(8)20-14(17)22-12)5-21-6-19-9-2-1-3-18-13(9)21/h1-4,6H,5H2,(H2,17,20). The van der Waals surface area contributed by atoms with Crippen molar-refractivity contribution < 1.29 is 8.78 Å². The summed E-state index contributed by atoms with van der Waals surface area (Å²) < 4.78 is 30.4. The first-order valence-corrected chi connectivity index (χ1v) is 7.24. The van der Waals surface area contributed by atoms with Gasteiger partial charge in [-0.1, -0.05) is 11.3 Å². The molecule has 0 amide bonds. The van der Waals surface area contributed by atoms with Crippen molar-refractivity contribution in [3.8, 4) is 0 Å². The maximum absolute atomic E-state index is 14.5. The number of aromatic nitrogens is 4. The second-order valence-electron chi connectivity index (χ2n) is 4.78. The predicted molar refractivity (Wildman–Crippen MR) is 80.6 cm³/mol. The summed E-state index contributed by atoms with van der Waals surface area (Å²) in [6.07, 6.45) is 3.19. The van der Waals surface area contributed by atoms with Gasteiger partial charge in [-0.25, -0.2) is 23.7 Å². The first-order valence-electron chi connectivity index (χ1n) is 6.42. The Hall–Kier alpha value is -2.61. The predicted octanol–water partition coefficient (Wildman–Crippen LogP) is 2.95. The topological polar surface area (TPSA) is 69.6 Å². The molecule has 5 nitrogen and oxygen atoms in total. The van der Waals surface area contributed by atoms with Crippen LogP contribution in [0.2, 0.25) is 0 Å². The summed E-state index contributed by atoms with van der Waals surface area (Å²) in [7, 11) is 0. The lowest BCUT2D eigenvalue weighted by Gasteiger charge is -2.06. The number of imidazole rings is 1. The fourth-order valence-electron chi connectivity index (χ4n) is 2.39. The zero-order valence-corrected chi connectivity index (χ0v) is 11.9. The lowest BCUT2D eigenvalue weighted by molar-refractivity contribution is 0.595. The molecule has 0 radical (unpaired) electrons. The number of pyridine rings is 1. The average Bonchev–Trinajstić information content (AvgIpc) is 3.09. The summed E-state index contributed by atoms with van der Waals surface area (Å²) in [6.45, 7) is 0.129. The van der Waals surface area contributed by atoms with Crippen LogP contribution in [0.25, 0.3) is 21.4 Å². The molecule has 22 heavy (non-hydrogen) atoms. The molecule has 0 aliphatic rings. The van der Waals surface area contributed by atoms with E-state index >= 15 is 0 Å². The number of hydrogen-bond donors (Lipinski definition) is 1. The van der Waals surface area contributed by atoms with Gasteiger partial charge in [-0.05, 0) is 18.2 Å². The van der Waals surface area contributed by atoms with Crippen LogP contribution in [0.3, 0.4) is 0 Å². The third kappa shape index (κ3) is 1.92. The van der Waals surface area contributed by atoms with Gasteiger partial charge in [-0.2, -0.15) is 0 Å². The van der Waals surface area contributed by atoms with E-state index in [-0.39, 0.29) is 27.5 Å². The lowest BCUT2D eigenvalue weighted by Crippen LogP contribution is -2.02. The van der Waals surface area contributed by atoms with Crippen LogP contribution in [0.1, 0.15) is 5.56 Å². The summed E-state index contributed by atoms with van der Waals surface area (Å²) in [5.74, 6) is -1.10. The highest BCUT2D eigenvalue weighted by Gasteiger charge is 2.17. The van der Waals surface area contributed by atoms with Crippen LogP contribution in [0.5, 0.6) is 0 Å². The number of rotatable bonds is 2. The van der Waals surface area contributed by atoms with Crippen LogP contribution in [0.15, 0.2) is 30.7 Å². The summed E-state index contributed by atoms with van der Waals surface area (Å²) >= 11 is 0.934. The third-order valence-electron chi connectivity index (χ3n) is 3.37. The maximum atomic E-state index is 14.5. The van der Waals surface area contributed by atoms with E-state index in [4.69, 9.17) is 5.73 Å². The largest absolute Gasteiger partial charge is 0.375 e. The normalized spacial score (nSPS) is 11.5. The van der Waals surface area contributed by atoms with Gasteiger partial charge in [0.1, 0.15) is 16.9 Å². The molecule has 0 saturated carbocycles. The molecule has 8 heteroatoms. The third-order valence-corrected chi connectivity index (χ3v) is 4.24. The first kappa shape index (κ1) is 13.1. The van der Waals surface area contributed by atoms with Crippen molar-refractivity contribution in [2.75, 3.05) is 5.73 Å². The molecule has 0 aliphatic carbocycles. The molecule has 0 saturated heterocycles. The van der Waals surface area contributed by atoms with Crippen LogP contribution in [-0.2, 0) is 6.54 Å². The maximum Gasteiger partial charge on any atom is 0.181 e. The van der Waals surface area contributed by atoms with Gasteiger partial charge in [0, 0.05) is 11.8 Å². The van der Waals surface area contributed by atoms with Crippen molar-refractivity contribution in [1.29, 1.82) is 0 Å². The van der Waals surface area contributed by atoms with Crippen molar-refractivity contribution >= 4 is 37.8 Å². The van der Waals surface area contributed by atoms with Crippen LogP contribution in [-0.4, -0.2) is 19.5 Å². The van der Waals surface area contributed by atoms with E-state index in [1.807, 2.05) is 6.07 Å². The van der Waals surface area contributed by atoms with Gasteiger partial charge in [-0.3, -0.25) is 0 Å². The van der Waals surface area contributed by atoms with Crippen molar-refractivity contribution in [3.63, 3.8) is 0 Å². The summed E-state index contributed by atoms with van der Waals surface area (Å²) in [6, 6.07) is 4.72. The zero-order valence-electron chi connectivity index (χ0n) is 11.1. The van der Waals surface area contributed by atoms with Gasteiger partial charge in [0.2, 0.25) is 0 Å². The fraction of sp³-hybridized carbons (Fsp3) is 0.0714. The van der Waals surface area contributed by atoms with E-state index in [0.717, 1.165) is 17.4 Å². The SMILES string of the molecule is Nc1nc2c(F)cc(Cn3cnc4cccnc43)c(F)c2s1. The minimum absolute atomic E-state index is 0.0302. The molecule has 0 fully saturated rings. The number of fused-ring (bicyclic) bond motifs is 2. The Balaban J connectivity index is 1.86. The van der Waals surface area contributed by atoms with Crippen molar-refractivity contribution in [3.05, 3.63) is 47.9 Å². The number of hydrogen-bond acceptors (Lipinski definition) is 5. The van der Waals surface area contributed by atoms with Crippen LogP contribution in [0.4, 0.5) is 13.9 Å². The Labute approximate surface area is 127 Å². The Kier molecular flexibility index (Phi) is 2.80. The first-order chi connectivity index (χ1) is 10.6. The van der Waals surface area contributed by atoms with Crippen molar-refractivity contribution in [2.24, 2.45) is 0 Å². The summed E-state index contributed by atoms with van der Waals surface area (Å²) in [4.78, 5) is 12.2. The molecular weight excluding hydrogens is 308 g/mol. The number of benzene rings is 1. The Bertz CT molecular complexity index is 1010. The van der Waals surface area contributed by atoms with E-state index in [9.17, 15) is 8.78 Å². The second kappa shape index (κ2) is 4.70. The number of nitrogen functional groups attached to an aromatic ring is 1. The molecule has 4 rings (SSSR count). The zero-order chi connectivity index (χ0) is 15.3. The number of halogens is 2. The molecule has 0 aliphatic heterocycles. The van der Waals surface area contributed by atoms with Gasteiger partial charge in [0.15, 0.2) is 16.6 Å². The highest BCUT2D eigenvalue weighted by Crippen LogP contribution is 2.31.